The van der Waals surface area contributed by atoms with Gasteiger partial charge < -0.3 is 10.3 Å². The normalized spacial score (nSPS) is 11.4. The summed E-state index contributed by atoms with van der Waals surface area (Å²) in [4.78, 5) is 38.0. The van der Waals surface area contributed by atoms with Crippen molar-refractivity contribution in [3.05, 3.63) is 67.4 Å². The number of anilines is 1. The average Bonchev–Trinajstić information content (AvgIpc) is 3.52. The molecule has 1 amide bonds. The van der Waals surface area contributed by atoms with E-state index in [1.54, 1.807) is 31.0 Å². The number of hydrogen-bond donors (Lipinski definition) is 3. The van der Waals surface area contributed by atoms with Crippen LogP contribution >= 0.6 is 0 Å². The van der Waals surface area contributed by atoms with Gasteiger partial charge in [-0.05, 0) is 47.9 Å². The summed E-state index contributed by atoms with van der Waals surface area (Å²) in [5.41, 5.74) is 7.52. The predicted octanol–water partition coefficient (Wildman–Crippen LogP) is 5.00. The largest absolute Gasteiger partial charge is 0.335 e. The third kappa shape index (κ3) is 4.40. The number of imidazole rings is 1. The third-order valence-electron chi connectivity index (χ3n) is 5.93. The van der Waals surface area contributed by atoms with Gasteiger partial charge in [0.15, 0.2) is 17.2 Å². The number of nitrogens with zero attached hydrogens (tertiary/aromatic N) is 6. The molecule has 0 saturated carbocycles. The van der Waals surface area contributed by atoms with E-state index in [0.717, 1.165) is 27.7 Å². The smallest absolute Gasteiger partial charge is 0.224 e. The molecule has 6 aromatic heterocycles. The number of carbonyl (C=O) groups is 1. The van der Waals surface area contributed by atoms with Crippen LogP contribution < -0.4 is 5.32 Å². The van der Waals surface area contributed by atoms with E-state index in [0.29, 0.717) is 40.5 Å². The van der Waals surface area contributed by atoms with E-state index in [1.807, 2.05) is 50.2 Å². The Hall–Kier alpha value is -4.99. The lowest BCUT2D eigenvalue weighted by Gasteiger charge is -2.08. The van der Waals surface area contributed by atoms with Crippen LogP contribution in [0.5, 0.6) is 0 Å². The predicted molar refractivity (Wildman–Crippen MR) is 141 cm³/mol. The third-order valence-corrected chi connectivity index (χ3v) is 5.93. The maximum absolute atomic E-state index is 12.2. The van der Waals surface area contributed by atoms with E-state index in [9.17, 15) is 4.79 Å². The van der Waals surface area contributed by atoms with Crippen molar-refractivity contribution in [2.24, 2.45) is 5.92 Å². The molecule has 0 unspecified atom stereocenters. The van der Waals surface area contributed by atoms with Crippen molar-refractivity contribution in [1.82, 2.24) is 40.1 Å². The summed E-state index contributed by atoms with van der Waals surface area (Å²) in [6, 6.07) is 11.5. The first-order valence-corrected chi connectivity index (χ1v) is 11.9. The molecule has 0 aliphatic heterocycles. The summed E-state index contributed by atoms with van der Waals surface area (Å²) in [5.74, 6) is 0.792. The quantitative estimate of drug-likeness (QED) is 0.299. The van der Waals surface area contributed by atoms with Crippen LogP contribution in [0.3, 0.4) is 0 Å². The number of nitrogens with one attached hydrogen (secondary N) is 3. The summed E-state index contributed by atoms with van der Waals surface area (Å²) in [6.07, 6.45) is 9.05. The van der Waals surface area contributed by atoms with Crippen molar-refractivity contribution in [3.8, 4) is 33.9 Å². The molecule has 0 fully saturated rings. The van der Waals surface area contributed by atoms with Crippen molar-refractivity contribution < 1.29 is 4.79 Å². The maximum Gasteiger partial charge on any atom is 0.224 e. The van der Waals surface area contributed by atoms with Crippen LogP contribution in [0.4, 0.5) is 5.69 Å². The Balaban J connectivity index is 1.38. The minimum atomic E-state index is -0.0425. The molecule has 6 rings (SSSR count). The minimum Gasteiger partial charge on any atom is -0.335 e. The molecule has 0 spiro atoms. The number of aromatic nitrogens is 8. The Kier molecular flexibility index (Phi) is 5.61. The molecule has 0 aliphatic rings. The molecule has 0 aliphatic carbocycles. The van der Waals surface area contributed by atoms with Crippen LogP contribution in [0, 0.1) is 5.92 Å². The first-order valence-electron chi connectivity index (χ1n) is 11.9. The second kappa shape index (κ2) is 9.23. The van der Waals surface area contributed by atoms with Gasteiger partial charge in [0, 0.05) is 42.3 Å². The lowest BCUT2D eigenvalue weighted by atomic mass is 10.1. The van der Waals surface area contributed by atoms with Crippen LogP contribution in [-0.4, -0.2) is 46.0 Å². The number of pyridine rings is 4. The molecule has 37 heavy (non-hydrogen) atoms. The first-order chi connectivity index (χ1) is 18.0. The zero-order valence-electron chi connectivity index (χ0n) is 20.2. The number of H-pyrrole nitrogens is 2. The highest BCUT2D eigenvalue weighted by Gasteiger charge is 2.17. The highest BCUT2D eigenvalue weighted by Crippen LogP contribution is 2.31. The summed E-state index contributed by atoms with van der Waals surface area (Å²) >= 11 is 0. The average molecular weight is 490 g/mol. The molecule has 0 aromatic carbocycles. The summed E-state index contributed by atoms with van der Waals surface area (Å²) < 4.78 is 0. The van der Waals surface area contributed by atoms with Gasteiger partial charge in [-0.1, -0.05) is 13.8 Å². The van der Waals surface area contributed by atoms with Gasteiger partial charge in [0.1, 0.15) is 5.52 Å². The number of carbonyl (C=O) groups excluding carboxylic acids is 1. The molecule has 3 N–H and O–H groups in total. The highest BCUT2D eigenvalue weighted by molar-refractivity contribution is 5.95. The molecule has 0 bridgehead atoms. The molecule has 0 saturated heterocycles. The van der Waals surface area contributed by atoms with Gasteiger partial charge >= 0.3 is 0 Å². The fourth-order valence-corrected chi connectivity index (χ4v) is 4.25. The van der Waals surface area contributed by atoms with Gasteiger partial charge in [-0.2, -0.15) is 5.10 Å². The van der Waals surface area contributed by atoms with Crippen molar-refractivity contribution >= 4 is 33.8 Å². The fraction of sp³-hybridized carbons (Fsp3) is 0.148. The van der Waals surface area contributed by atoms with Crippen molar-refractivity contribution in [3.63, 3.8) is 0 Å². The highest BCUT2D eigenvalue weighted by atomic mass is 16.1. The van der Waals surface area contributed by atoms with Crippen molar-refractivity contribution in [1.29, 1.82) is 0 Å². The lowest BCUT2D eigenvalue weighted by Crippen LogP contribution is -2.14. The van der Waals surface area contributed by atoms with Crippen LogP contribution in [0.2, 0.25) is 0 Å². The lowest BCUT2D eigenvalue weighted by molar-refractivity contribution is -0.116. The van der Waals surface area contributed by atoms with Crippen LogP contribution in [0.15, 0.2) is 67.4 Å². The topological polar surface area (TPSA) is 138 Å². The van der Waals surface area contributed by atoms with Crippen molar-refractivity contribution in [2.45, 2.75) is 20.3 Å². The van der Waals surface area contributed by atoms with E-state index >= 15 is 0 Å². The summed E-state index contributed by atoms with van der Waals surface area (Å²) in [6.45, 7) is 4.02. The standard InChI is InChI=1S/C27H23N9O/c1-15(2)11-22(37)31-18-12-17(13-29-14-18)20-3-4-21-24(32-20)25(36-35-21)27-33-23-19(7-10-30-26(23)34-27)16-5-8-28-9-6-16/h3-10,12-15H,11H2,1-2H3,(H,31,37)(H,35,36)(H,30,33,34). The zero-order chi connectivity index (χ0) is 25.4. The van der Waals surface area contributed by atoms with E-state index < -0.39 is 0 Å². The van der Waals surface area contributed by atoms with Gasteiger partial charge in [-0.25, -0.2) is 15.0 Å². The fourth-order valence-electron chi connectivity index (χ4n) is 4.25. The molecule has 6 heterocycles. The van der Waals surface area contributed by atoms with Gasteiger partial charge in [0.2, 0.25) is 5.91 Å². The second-order valence-corrected chi connectivity index (χ2v) is 9.15. The summed E-state index contributed by atoms with van der Waals surface area (Å²) in [7, 11) is 0. The number of hydrogen-bond acceptors (Lipinski definition) is 7. The first kappa shape index (κ1) is 22.5. The number of rotatable bonds is 6. The SMILES string of the molecule is CC(C)CC(=O)Nc1cncc(-c2ccc3[nH]nc(-c4nc5nccc(-c6ccncc6)c5[nH]4)c3n2)c1. The van der Waals surface area contributed by atoms with Gasteiger partial charge in [0.25, 0.3) is 0 Å². The molecule has 10 nitrogen and oxygen atoms in total. The zero-order valence-corrected chi connectivity index (χ0v) is 20.2. The van der Waals surface area contributed by atoms with E-state index in [-0.39, 0.29) is 11.8 Å². The van der Waals surface area contributed by atoms with Crippen LogP contribution in [0.25, 0.3) is 56.1 Å². The molecule has 6 aromatic rings. The Bertz CT molecular complexity index is 1740. The maximum atomic E-state index is 12.2. The second-order valence-electron chi connectivity index (χ2n) is 9.15. The number of aromatic amines is 2. The molecule has 182 valence electrons. The molecular weight excluding hydrogens is 466 g/mol. The van der Waals surface area contributed by atoms with Gasteiger partial charge in [-0.3, -0.25) is 19.9 Å². The molecule has 0 radical (unpaired) electrons. The number of amides is 1. The molecule has 0 atom stereocenters. The molecule has 10 heteroatoms. The van der Waals surface area contributed by atoms with Crippen LogP contribution in [0.1, 0.15) is 20.3 Å². The summed E-state index contributed by atoms with van der Waals surface area (Å²) in [5, 5.41) is 10.4. The number of fused-ring (bicyclic) bond motifs is 2. The van der Waals surface area contributed by atoms with E-state index in [2.05, 4.69) is 35.5 Å². The van der Waals surface area contributed by atoms with Crippen LogP contribution in [-0.2, 0) is 4.79 Å². The van der Waals surface area contributed by atoms with Gasteiger partial charge in [0.05, 0.1) is 28.6 Å². The molecular formula is C27H23N9O. The van der Waals surface area contributed by atoms with E-state index in [4.69, 9.17) is 9.97 Å². The monoisotopic (exact) mass is 489 g/mol. The van der Waals surface area contributed by atoms with E-state index in [1.165, 1.54) is 0 Å². The Labute approximate surface area is 211 Å². The van der Waals surface area contributed by atoms with Crippen molar-refractivity contribution in [2.75, 3.05) is 5.32 Å². The Morgan fingerprint density at radius 1 is 0.973 bits per heavy atom. The Morgan fingerprint density at radius 3 is 2.68 bits per heavy atom. The minimum absolute atomic E-state index is 0.0425. The van der Waals surface area contributed by atoms with Gasteiger partial charge in [-0.15, -0.1) is 0 Å². The Morgan fingerprint density at radius 2 is 1.84 bits per heavy atom.